The molecule has 0 bridgehead atoms. The maximum absolute atomic E-state index is 13.8. The quantitative estimate of drug-likeness (QED) is 0.348. The fourth-order valence-electron chi connectivity index (χ4n) is 6.40. The van der Waals surface area contributed by atoms with Crippen LogP contribution in [0.3, 0.4) is 0 Å². The van der Waals surface area contributed by atoms with Crippen molar-refractivity contribution < 1.29 is 23.9 Å². The Balaban J connectivity index is 1.55. The Hall–Kier alpha value is -3.14. The second kappa shape index (κ2) is 10.9. The number of carbonyl (C=O) groups is 3. The third kappa shape index (κ3) is 5.80. The fourth-order valence-corrected chi connectivity index (χ4v) is 7.18. The molecule has 0 saturated carbocycles. The van der Waals surface area contributed by atoms with Crippen LogP contribution in [0.15, 0.2) is 65.0 Å². The first-order valence-corrected chi connectivity index (χ1v) is 15.0. The van der Waals surface area contributed by atoms with Gasteiger partial charge in [0.2, 0.25) is 0 Å². The molecule has 0 radical (unpaired) electrons. The first kappa shape index (κ1) is 29.4. The number of hydrogen-bond acceptors (Lipinski definition) is 6. The van der Waals surface area contributed by atoms with Crippen LogP contribution in [0.1, 0.15) is 64.9 Å². The first-order chi connectivity index (χ1) is 19.3. The summed E-state index contributed by atoms with van der Waals surface area (Å²) in [6.07, 6.45) is 2.39. The number of nitrogens with zero attached hydrogens (tertiary/aromatic N) is 1. The van der Waals surface area contributed by atoms with Crippen LogP contribution in [0.5, 0.6) is 11.5 Å². The minimum Gasteiger partial charge on any atom is -0.493 e. The third-order valence-electron chi connectivity index (χ3n) is 8.17. The lowest BCUT2D eigenvalue weighted by atomic mass is 9.64. The van der Waals surface area contributed by atoms with E-state index in [1.54, 1.807) is 7.11 Å². The van der Waals surface area contributed by atoms with Gasteiger partial charge in [-0.05, 0) is 76.1 Å². The average Bonchev–Trinajstić information content (AvgIpc) is 2.88. The number of allylic oxidation sites excluding steroid dienone is 4. The third-order valence-corrected chi connectivity index (χ3v) is 8.97. The second-order valence-corrected chi connectivity index (χ2v) is 14.0. The van der Waals surface area contributed by atoms with Crippen molar-refractivity contribution in [3.05, 3.63) is 74.1 Å². The van der Waals surface area contributed by atoms with Crippen LogP contribution in [0.25, 0.3) is 0 Å². The standard InChI is InChI=1S/C33H37IN2O5/c1-32(2)14-22-29(24(37)16-32)28(30-23(36(22)5)15-33(3,4)17-25(30)38)19-12-21(34)31(26(13-19)40-6)41-18-27(39)35-20-10-8-7-9-11-20/h7-13,28H,14-18H2,1-6H3,(H,35,39). The number of carbonyl (C=O) groups excluding carboxylic acids is 3. The van der Waals surface area contributed by atoms with Gasteiger partial charge in [0, 0.05) is 54.0 Å². The predicted molar refractivity (Wildman–Crippen MR) is 167 cm³/mol. The zero-order chi connectivity index (χ0) is 29.7. The molecule has 216 valence electrons. The van der Waals surface area contributed by atoms with Gasteiger partial charge >= 0.3 is 0 Å². The van der Waals surface area contributed by atoms with Gasteiger partial charge in [0.05, 0.1) is 10.7 Å². The summed E-state index contributed by atoms with van der Waals surface area (Å²) >= 11 is 2.17. The Morgan fingerprint density at radius 2 is 1.51 bits per heavy atom. The molecule has 2 aliphatic carbocycles. The average molecular weight is 669 g/mol. The Morgan fingerprint density at radius 1 is 0.951 bits per heavy atom. The lowest BCUT2D eigenvalue weighted by Crippen LogP contribution is -2.43. The van der Waals surface area contributed by atoms with Crippen molar-refractivity contribution in [2.24, 2.45) is 10.8 Å². The van der Waals surface area contributed by atoms with E-state index >= 15 is 0 Å². The van der Waals surface area contributed by atoms with Gasteiger partial charge < -0.3 is 19.7 Å². The molecule has 2 aromatic carbocycles. The number of anilines is 1. The maximum Gasteiger partial charge on any atom is 0.262 e. The molecule has 1 aliphatic heterocycles. The van der Waals surface area contributed by atoms with Gasteiger partial charge in [-0.15, -0.1) is 0 Å². The van der Waals surface area contributed by atoms with Crippen molar-refractivity contribution in [2.45, 2.75) is 59.3 Å². The molecule has 0 spiro atoms. The number of amides is 1. The summed E-state index contributed by atoms with van der Waals surface area (Å²) in [6, 6.07) is 13.0. The number of halogens is 1. The normalized spacial score (nSPS) is 20.0. The molecule has 1 heterocycles. The van der Waals surface area contributed by atoms with Crippen molar-refractivity contribution in [1.29, 1.82) is 0 Å². The molecule has 0 fully saturated rings. The van der Waals surface area contributed by atoms with E-state index in [1.165, 1.54) is 0 Å². The van der Waals surface area contributed by atoms with Gasteiger partial charge in [-0.2, -0.15) is 0 Å². The van der Waals surface area contributed by atoms with Gasteiger partial charge in [-0.3, -0.25) is 14.4 Å². The molecule has 0 atom stereocenters. The second-order valence-electron chi connectivity index (χ2n) is 12.8. The molecule has 41 heavy (non-hydrogen) atoms. The highest BCUT2D eigenvalue weighted by atomic mass is 127. The van der Waals surface area contributed by atoms with E-state index in [4.69, 9.17) is 9.47 Å². The highest BCUT2D eigenvalue weighted by molar-refractivity contribution is 14.1. The fraction of sp³-hybridized carbons (Fsp3) is 0.424. The molecule has 5 rings (SSSR count). The number of methoxy groups -OCH3 is 1. The van der Waals surface area contributed by atoms with Gasteiger partial charge in [0.25, 0.3) is 5.91 Å². The predicted octanol–water partition coefficient (Wildman–Crippen LogP) is 6.63. The van der Waals surface area contributed by atoms with Crippen molar-refractivity contribution in [2.75, 3.05) is 26.1 Å². The number of para-hydroxylation sites is 1. The summed E-state index contributed by atoms with van der Waals surface area (Å²) in [6.45, 7) is 8.32. The maximum atomic E-state index is 13.8. The van der Waals surface area contributed by atoms with Crippen LogP contribution in [-0.2, 0) is 14.4 Å². The summed E-state index contributed by atoms with van der Waals surface area (Å²) in [5.74, 6) is 0.317. The summed E-state index contributed by atoms with van der Waals surface area (Å²) in [5.41, 5.74) is 4.63. The molecule has 0 unspecified atom stereocenters. The van der Waals surface area contributed by atoms with Gasteiger partial charge in [-0.1, -0.05) is 45.9 Å². The molecule has 1 N–H and O–H groups in total. The van der Waals surface area contributed by atoms with E-state index < -0.39 is 5.92 Å². The Kier molecular flexibility index (Phi) is 7.82. The number of rotatable bonds is 6. The van der Waals surface area contributed by atoms with Crippen LogP contribution in [0.4, 0.5) is 5.69 Å². The van der Waals surface area contributed by atoms with E-state index in [2.05, 4.69) is 60.5 Å². The molecular weight excluding hydrogens is 631 g/mol. The molecular formula is C33H37IN2O5. The minimum atomic E-state index is -0.471. The molecule has 3 aliphatic rings. The smallest absolute Gasteiger partial charge is 0.262 e. The SMILES string of the molecule is COc1cc(C2C3=C(CC(C)(C)CC3=O)N(C)C3=C2C(=O)CC(C)(C)C3)cc(I)c1OCC(=O)Nc1ccccc1. The van der Waals surface area contributed by atoms with Gasteiger partial charge in [-0.25, -0.2) is 0 Å². The summed E-state index contributed by atoms with van der Waals surface area (Å²) in [5, 5.41) is 2.82. The summed E-state index contributed by atoms with van der Waals surface area (Å²) in [7, 11) is 3.56. The van der Waals surface area contributed by atoms with Gasteiger partial charge in [0.1, 0.15) is 0 Å². The van der Waals surface area contributed by atoms with E-state index in [-0.39, 0.29) is 34.9 Å². The number of benzene rings is 2. The summed E-state index contributed by atoms with van der Waals surface area (Å²) in [4.78, 5) is 42.3. The van der Waals surface area contributed by atoms with E-state index in [0.29, 0.717) is 41.2 Å². The summed E-state index contributed by atoms with van der Waals surface area (Å²) < 4.78 is 12.4. The van der Waals surface area contributed by atoms with Crippen molar-refractivity contribution in [3.63, 3.8) is 0 Å². The Bertz CT molecular complexity index is 1430. The highest BCUT2D eigenvalue weighted by Crippen LogP contribution is 2.54. The lowest BCUT2D eigenvalue weighted by Gasteiger charge is -2.48. The molecule has 0 aromatic heterocycles. The number of Topliss-reactive ketones (excluding diaryl/α,β-unsaturated/α-hetero) is 2. The Labute approximate surface area is 255 Å². The topological polar surface area (TPSA) is 84.9 Å². The molecule has 1 amide bonds. The van der Waals surface area contributed by atoms with Crippen LogP contribution in [0, 0.1) is 14.4 Å². The largest absolute Gasteiger partial charge is 0.493 e. The van der Waals surface area contributed by atoms with Crippen LogP contribution in [-0.4, -0.2) is 43.1 Å². The molecule has 7 nitrogen and oxygen atoms in total. The zero-order valence-corrected chi connectivity index (χ0v) is 26.7. The van der Waals surface area contributed by atoms with E-state index in [9.17, 15) is 14.4 Å². The van der Waals surface area contributed by atoms with Crippen LogP contribution < -0.4 is 14.8 Å². The monoisotopic (exact) mass is 668 g/mol. The molecule has 0 saturated heterocycles. The highest BCUT2D eigenvalue weighted by Gasteiger charge is 2.48. The van der Waals surface area contributed by atoms with Crippen LogP contribution in [0.2, 0.25) is 0 Å². The molecule has 2 aromatic rings. The zero-order valence-electron chi connectivity index (χ0n) is 24.5. The number of ketones is 2. The van der Waals surface area contributed by atoms with E-state index in [1.807, 2.05) is 49.5 Å². The number of hydrogen-bond donors (Lipinski definition) is 1. The molecule has 8 heteroatoms. The number of nitrogens with one attached hydrogen (secondary N) is 1. The minimum absolute atomic E-state index is 0.0872. The Morgan fingerprint density at radius 3 is 2.05 bits per heavy atom. The lowest BCUT2D eigenvalue weighted by molar-refractivity contribution is -0.120. The van der Waals surface area contributed by atoms with Gasteiger partial charge in [0.15, 0.2) is 29.7 Å². The van der Waals surface area contributed by atoms with Crippen molar-refractivity contribution >= 4 is 45.8 Å². The van der Waals surface area contributed by atoms with Crippen LogP contribution >= 0.6 is 22.6 Å². The van der Waals surface area contributed by atoms with Crippen molar-refractivity contribution in [3.8, 4) is 11.5 Å². The number of ether oxygens (including phenoxy) is 2. The van der Waals surface area contributed by atoms with Crippen molar-refractivity contribution in [1.82, 2.24) is 4.90 Å². The van der Waals surface area contributed by atoms with E-state index in [0.717, 1.165) is 33.4 Å². The first-order valence-electron chi connectivity index (χ1n) is 13.9.